The van der Waals surface area contributed by atoms with E-state index in [0.29, 0.717) is 30.8 Å². The van der Waals surface area contributed by atoms with Crippen LogP contribution in [0, 0.1) is 0 Å². The number of amides is 2. The van der Waals surface area contributed by atoms with E-state index in [1.807, 2.05) is 42.5 Å². The molecule has 3 rings (SSSR count). The Hall–Kier alpha value is -2.60. The Kier molecular flexibility index (Phi) is 5.50. The lowest BCUT2D eigenvalue weighted by molar-refractivity contribution is 0.0948. The molecule has 2 amide bonds. The van der Waals surface area contributed by atoms with Crippen LogP contribution in [0.3, 0.4) is 0 Å². The molecule has 0 spiro atoms. The molecule has 0 bridgehead atoms. The van der Waals surface area contributed by atoms with E-state index >= 15 is 0 Å². The highest BCUT2D eigenvalue weighted by atomic mass is 79.9. The predicted molar refractivity (Wildman–Crippen MR) is 102 cm³/mol. The number of hydrogen-bond donors (Lipinski definition) is 3. The Bertz CT molecular complexity index is 854. The summed E-state index contributed by atoms with van der Waals surface area (Å²) in [4.78, 5) is 27.2. The molecule has 0 radical (unpaired) electrons. The van der Waals surface area contributed by atoms with Crippen molar-refractivity contribution in [3.05, 3.63) is 70.3 Å². The molecule has 0 atom stereocenters. The first-order valence-corrected chi connectivity index (χ1v) is 8.82. The van der Waals surface area contributed by atoms with Crippen molar-refractivity contribution in [1.82, 2.24) is 15.6 Å². The number of aromatic amines is 1. The number of carbonyl (C=O) groups is 2. The number of para-hydroxylation sites is 1. The number of halogens is 1. The zero-order valence-electron chi connectivity index (χ0n) is 13.5. The smallest absolute Gasteiger partial charge is 0.267 e. The summed E-state index contributed by atoms with van der Waals surface area (Å²) in [7, 11) is 0. The minimum atomic E-state index is -0.143. The first-order chi connectivity index (χ1) is 12.1. The van der Waals surface area contributed by atoms with Gasteiger partial charge in [0, 0.05) is 34.0 Å². The molecule has 0 unspecified atom stereocenters. The van der Waals surface area contributed by atoms with E-state index in [2.05, 4.69) is 31.5 Å². The Labute approximate surface area is 153 Å². The van der Waals surface area contributed by atoms with Crippen LogP contribution in [0.1, 0.15) is 27.3 Å². The van der Waals surface area contributed by atoms with E-state index in [1.54, 1.807) is 12.1 Å². The number of H-pyrrole nitrogens is 1. The normalized spacial score (nSPS) is 10.6. The first-order valence-electron chi connectivity index (χ1n) is 8.03. The molecule has 0 saturated heterocycles. The number of nitrogens with one attached hydrogen (secondary N) is 3. The fraction of sp³-hybridized carbons (Fsp3) is 0.158. The van der Waals surface area contributed by atoms with Gasteiger partial charge in [-0.1, -0.05) is 34.1 Å². The fourth-order valence-corrected chi connectivity index (χ4v) is 2.75. The van der Waals surface area contributed by atoms with Crippen LogP contribution in [-0.4, -0.2) is 29.9 Å². The Morgan fingerprint density at radius 1 is 0.920 bits per heavy atom. The van der Waals surface area contributed by atoms with Crippen LogP contribution in [0.4, 0.5) is 0 Å². The third-order valence-electron chi connectivity index (χ3n) is 3.81. The Balaban J connectivity index is 1.41. The molecule has 0 fully saturated rings. The summed E-state index contributed by atoms with van der Waals surface area (Å²) in [5.41, 5.74) is 2.10. The van der Waals surface area contributed by atoms with Crippen molar-refractivity contribution in [2.75, 3.05) is 13.1 Å². The van der Waals surface area contributed by atoms with Crippen molar-refractivity contribution in [3.63, 3.8) is 0 Å². The second kappa shape index (κ2) is 7.98. The molecule has 1 heterocycles. The van der Waals surface area contributed by atoms with Crippen molar-refractivity contribution in [2.45, 2.75) is 6.42 Å². The largest absolute Gasteiger partial charge is 0.352 e. The molecule has 2 aromatic carbocycles. The number of aromatic nitrogens is 1. The maximum atomic E-state index is 12.1. The van der Waals surface area contributed by atoms with Crippen LogP contribution in [0.15, 0.2) is 59.1 Å². The van der Waals surface area contributed by atoms with Gasteiger partial charge in [-0.3, -0.25) is 9.59 Å². The number of hydrogen-bond acceptors (Lipinski definition) is 2. The van der Waals surface area contributed by atoms with Crippen molar-refractivity contribution >= 4 is 38.6 Å². The molecule has 0 aliphatic carbocycles. The summed E-state index contributed by atoms with van der Waals surface area (Å²) in [5.74, 6) is -0.259. The third kappa shape index (κ3) is 4.48. The standard InChI is InChI=1S/C19H18BrN3O2/c20-15-8-6-13(7-9-15)18(24)21-10-3-11-22-19(25)17-12-14-4-1-2-5-16(14)23-17/h1-2,4-9,12,23H,3,10-11H2,(H,21,24)(H,22,25). The first kappa shape index (κ1) is 17.2. The van der Waals surface area contributed by atoms with Crippen molar-refractivity contribution in [2.24, 2.45) is 0 Å². The number of rotatable bonds is 6. The van der Waals surface area contributed by atoms with Crippen LogP contribution in [0.5, 0.6) is 0 Å². The summed E-state index contributed by atoms with van der Waals surface area (Å²) >= 11 is 3.34. The van der Waals surface area contributed by atoms with Gasteiger partial charge in [-0.25, -0.2) is 0 Å². The van der Waals surface area contributed by atoms with Crippen molar-refractivity contribution < 1.29 is 9.59 Å². The summed E-state index contributed by atoms with van der Waals surface area (Å²) in [6.45, 7) is 0.997. The summed E-state index contributed by atoms with van der Waals surface area (Å²) in [6, 6.07) is 16.8. The van der Waals surface area contributed by atoms with Gasteiger partial charge in [-0.05, 0) is 42.8 Å². The van der Waals surface area contributed by atoms with E-state index in [-0.39, 0.29) is 11.8 Å². The Morgan fingerprint density at radius 2 is 1.60 bits per heavy atom. The topological polar surface area (TPSA) is 74.0 Å². The SMILES string of the molecule is O=C(NCCCNC(=O)c1cc2ccccc2[nH]1)c1ccc(Br)cc1. The van der Waals surface area contributed by atoms with Gasteiger partial charge in [0.05, 0.1) is 0 Å². The summed E-state index contributed by atoms with van der Waals surface area (Å²) < 4.78 is 0.934. The van der Waals surface area contributed by atoms with Gasteiger partial charge in [0.1, 0.15) is 5.69 Å². The molecule has 3 N–H and O–H groups in total. The molecule has 5 nitrogen and oxygen atoms in total. The van der Waals surface area contributed by atoms with Crippen LogP contribution in [0.2, 0.25) is 0 Å². The average Bonchev–Trinajstić information content (AvgIpc) is 3.06. The molecular formula is C19H18BrN3O2. The molecule has 6 heteroatoms. The predicted octanol–water partition coefficient (Wildman–Crippen LogP) is 3.48. The van der Waals surface area contributed by atoms with E-state index < -0.39 is 0 Å². The summed E-state index contributed by atoms with van der Waals surface area (Å²) in [6.07, 6.45) is 0.661. The van der Waals surface area contributed by atoms with E-state index in [4.69, 9.17) is 0 Å². The van der Waals surface area contributed by atoms with Crippen LogP contribution >= 0.6 is 15.9 Å². The van der Waals surface area contributed by atoms with Gasteiger partial charge >= 0.3 is 0 Å². The lowest BCUT2D eigenvalue weighted by atomic mass is 10.2. The molecular weight excluding hydrogens is 382 g/mol. The van der Waals surface area contributed by atoms with Crippen molar-refractivity contribution in [1.29, 1.82) is 0 Å². The number of fused-ring (bicyclic) bond motifs is 1. The minimum Gasteiger partial charge on any atom is -0.352 e. The molecule has 128 valence electrons. The zero-order chi connectivity index (χ0) is 17.6. The van der Waals surface area contributed by atoms with E-state index in [0.717, 1.165) is 15.4 Å². The van der Waals surface area contributed by atoms with Gasteiger partial charge < -0.3 is 15.6 Å². The maximum absolute atomic E-state index is 12.1. The molecule has 25 heavy (non-hydrogen) atoms. The lowest BCUT2D eigenvalue weighted by Crippen LogP contribution is -2.30. The fourth-order valence-electron chi connectivity index (χ4n) is 2.49. The third-order valence-corrected chi connectivity index (χ3v) is 4.33. The Morgan fingerprint density at radius 3 is 2.32 bits per heavy atom. The highest BCUT2D eigenvalue weighted by Crippen LogP contribution is 2.14. The minimum absolute atomic E-state index is 0.116. The molecule has 0 aliphatic rings. The lowest BCUT2D eigenvalue weighted by Gasteiger charge is -2.06. The quantitative estimate of drug-likeness (QED) is 0.555. The van der Waals surface area contributed by atoms with Gasteiger partial charge in [-0.2, -0.15) is 0 Å². The molecule has 0 saturated carbocycles. The van der Waals surface area contributed by atoms with Crippen LogP contribution < -0.4 is 10.6 Å². The van der Waals surface area contributed by atoms with Crippen LogP contribution in [-0.2, 0) is 0 Å². The van der Waals surface area contributed by atoms with Gasteiger partial charge in [0.25, 0.3) is 11.8 Å². The van der Waals surface area contributed by atoms with E-state index in [1.165, 1.54) is 0 Å². The monoisotopic (exact) mass is 399 g/mol. The van der Waals surface area contributed by atoms with Crippen LogP contribution in [0.25, 0.3) is 10.9 Å². The zero-order valence-corrected chi connectivity index (χ0v) is 15.1. The van der Waals surface area contributed by atoms with Gasteiger partial charge in [-0.15, -0.1) is 0 Å². The number of benzene rings is 2. The summed E-state index contributed by atoms with van der Waals surface area (Å²) in [5, 5.41) is 6.70. The molecule has 1 aromatic heterocycles. The highest BCUT2D eigenvalue weighted by Gasteiger charge is 2.09. The average molecular weight is 400 g/mol. The van der Waals surface area contributed by atoms with Gasteiger partial charge in [0.15, 0.2) is 0 Å². The van der Waals surface area contributed by atoms with Crippen molar-refractivity contribution in [3.8, 4) is 0 Å². The second-order valence-electron chi connectivity index (χ2n) is 5.64. The molecule has 0 aliphatic heterocycles. The second-order valence-corrected chi connectivity index (χ2v) is 6.56. The van der Waals surface area contributed by atoms with Gasteiger partial charge in [0.2, 0.25) is 0 Å². The van der Waals surface area contributed by atoms with E-state index in [9.17, 15) is 9.59 Å². The number of carbonyl (C=O) groups excluding carboxylic acids is 2. The highest BCUT2D eigenvalue weighted by molar-refractivity contribution is 9.10. The maximum Gasteiger partial charge on any atom is 0.267 e. The molecule has 3 aromatic rings.